The highest BCUT2D eigenvalue weighted by molar-refractivity contribution is 5.47. The standard InChI is InChI=1S/C12H14FN/c1-4-10(5-2)14-11-7-6-9(3)12(13)8-11/h1,6-8,10,14H,5H2,2-3H3. The summed E-state index contributed by atoms with van der Waals surface area (Å²) >= 11 is 0. The Morgan fingerprint density at radius 1 is 1.57 bits per heavy atom. The van der Waals surface area contributed by atoms with E-state index in [9.17, 15) is 4.39 Å². The zero-order chi connectivity index (χ0) is 10.6. The smallest absolute Gasteiger partial charge is 0.128 e. The first-order valence-corrected chi connectivity index (χ1v) is 4.66. The highest BCUT2D eigenvalue weighted by Crippen LogP contribution is 2.14. The van der Waals surface area contributed by atoms with Crippen molar-refractivity contribution in [1.82, 2.24) is 0 Å². The van der Waals surface area contributed by atoms with E-state index in [-0.39, 0.29) is 11.9 Å². The largest absolute Gasteiger partial charge is 0.371 e. The van der Waals surface area contributed by atoms with Gasteiger partial charge in [0.1, 0.15) is 5.82 Å². The Hall–Kier alpha value is -1.49. The first kappa shape index (κ1) is 10.6. The van der Waals surface area contributed by atoms with Crippen LogP contribution in [0.4, 0.5) is 10.1 Å². The molecule has 1 atom stereocenters. The Bertz CT molecular complexity index is 352. The molecule has 2 heteroatoms. The maximum Gasteiger partial charge on any atom is 0.128 e. The summed E-state index contributed by atoms with van der Waals surface area (Å²) in [7, 11) is 0. The molecule has 0 aliphatic carbocycles. The Labute approximate surface area is 84.3 Å². The summed E-state index contributed by atoms with van der Waals surface area (Å²) in [5.41, 5.74) is 1.38. The predicted octanol–water partition coefficient (Wildman–Crippen LogP) is 2.96. The quantitative estimate of drug-likeness (QED) is 0.724. The van der Waals surface area contributed by atoms with E-state index in [1.54, 1.807) is 13.0 Å². The van der Waals surface area contributed by atoms with Gasteiger partial charge in [-0.3, -0.25) is 0 Å². The van der Waals surface area contributed by atoms with Crippen molar-refractivity contribution in [2.45, 2.75) is 26.3 Å². The number of hydrogen-bond acceptors (Lipinski definition) is 1. The fourth-order valence-corrected chi connectivity index (χ4v) is 1.15. The van der Waals surface area contributed by atoms with Crippen molar-refractivity contribution in [3.63, 3.8) is 0 Å². The van der Waals surface area contributed by atoms with Gasteiger partial charge in [-0.15, -0.1) is 6.42 Å². The molecule has 0 saturated heterocycles. The van der Waals surface area contributed by atoms with Crippen LogP contribution in [0.5, 0.6) is 0 Å². The molecule has 1 aromatic rings. The van der Waals surface area contributed by atoms with Crippen LogP contribution in [0.3, 0.4) is 0 Å². The van der Waals surface area contributed by atoms with Crippen LogP contribution in [0.15, 0.2) is 18.2 Å². The van der Waals surface area contributed by atoms with E-state index in [4.69, 9.17) is 6.42 Å². The lowest BCUT2D eigenvalue weighted by molar-refractivity contribution is 0.618. The molecular weight excluding hydrogens is 177 g/mol. The van der Waals surface area contributed by atoms with Crippen molar-refractivity contribution >= 4 is 5.69 Å². The van der Waals surface area contributed by atoms with Gasteiger partial charge < -0.3 is 5.32 Å². The van der Waals surface area contributed by atoms with Gasteiger partial charge in [-0.1, -0.05) is 18.9 Å². The van der Waals surface area contributed by atoms with Gasteiger partial charge in [0.05, 0.1) is 6.04 Å². The van der Waals surface area contributed by atoms with Crippen LogP contribution in [0.1, 0.15) is 18.9 Å². The lowest BCUT2D eigenvalue weighted by Crippen LogP contribution is -2.15. The van der Waals surface area contributed by atoms with Crippen molar-refractivity contribution < 1.29 is 4.39 Å². The summed E-state index contributed by atoms with van der Waals surface area (Å²) in [6.45, 7) is 3.72. The molecule has 0 fully saturated rings. The molecule has 1 rings (SSSR count). The fraction of sp³-hybridized carbons (Fsp3) is 0.333. The molecule has 0 saturated carbocycles. The Balaban J connectivity index is 2.78. The molecule has 0 spiro atoms. The van der Waals surface area contributed by atoms with Gasteiger partial charge >= 0.3 is 0 Å². The van der Waals surface area contributed by atoms with E-state index in [1.165, 1.54) is 6.07 Å². The molecule has 1 N–H and O–H groups in total. The number of aryl methyl sites for hydroxylation is 1. The molecule has 0 aromatic heterocycles. The van der Waals surface area contributed by atoms with Crippen LogP contribution in [0, 0.1) is 25.1 Å². The molecule has 1 nitrogen and oxygen atoms in total. The Morgan fingerprint density at radius 2 is 2.29 bits per heavy atom. The summed E-state index contributed by atoms with van der Waals surface area (Å²) in [5.74, 6) is 2.39. The van der Waals surface area contributed by atoms with Crippen molar-refractivity contribution in [1.29, 1.82) is 0 Å². The molecule has 0 aliphatic rings. The number of hydrogen-bond donors (Lipinski definition) is 1. The van der Waals surface area contributed by atoms with Gasteiger partial charge in [-0.05, 0) is 31.0 Å². The second-order valence-corrected chi connectivity index (χ2v) is 3.24. The van der Waals surface area contributed by atoms with E-state index in [1.807, 2.05) is 13.0 Å². The van der Waals surface area contributed by atoms with Crippen molar-refractivity contribution in [2.24, 2.45) is 0 Å². The van der Waals surface area contributed by atoms with Crippen molar-refractivity contribution in [3.8, 4) is 12.3 Å². The van der Waals surface area contributed by atoms with Gasteiger partial charge in [0.15, 0.2) is 0 Å². The zero-order valence-electron chi connectivity index (χ0n) is 8.47. The average molecular weight is 191 g/mol. The molecule has 0 radical (unpaired) electrons. The second kappa shape index (κ2) is 4.66. The Kier molecular flexibility index (Phi) is 3.53. The van der Waals surface area contributed by atoms with Crippen LogP contribution < -0.4 is 5.32 Å². The monoisotopic (exact) mass is 191 g/mol. The third kappa shape index (κ3) is 2.50. The van der Waals surface area contributed by atoms with Gasteiger partial charge in [-0.25, -0.2) is 4.39 Å². The van der Waals surface area contributed by atoms with E-state index >= 15 is 0 Å². The molecule has 14 heavy (non-hydrogen) atoms. The summed E-state index contributed by atoms with van der Waals surface area (Å²) in [6.07, 6.45) is 6.12. The van der Waals surface area contributed by atoms with E-state index in [0.29, 0.717) is 5.56 Å². The molecule has 0 heterocycles. The topological polar surface area (TPSA) is 12.0 Å². The number of benzene rings is 1. The van der Waals surface area contributed by atoms with Crippen molar-refractivity contribution in [2.75, 3.05) is 5.32 Å². The van der Waals surface area contributed by atoms with Gasteiger partial charge in [0, 0.05) is 5.69 Å². The fourth-order valence-electron chi connectivity index (χ4n) is 1.15. The highest BCUT2D eigenvalue weighted by Gasteiger charge is 2.03. The lowest BCUT2D eigenvalue weighted by atomic mass is 10.2. The normalized spacial score (nSPS) is 11.9. The third-order valence-electron chi connectivity index (χ3n) is 2.12. The maximum atomic E-state index is 13.1. The van der Waals surface area contributed by atoms with E-state index < -0.39 is 0 Å². The van der Waals surface area contributed by atoms with Gasteiger partial charge in [0.2, 0.25) is 0 Å². The second-order valence-electron chi connectivity index (χ2n) is 3.24. The van der Waals surface area contributed by atoms with E-state index in [2.05, 4.69) is 11.2 Å². The third-order valence-corrected chi connectivity index (χ3v) is 2.12. The van der Waals surface area contributed by atoms with Gasteiger partial charge in [-0.2, -0.15) is 0 Å². The molecule has 0 aliphatic heterocycles. The first-order valence-electron chi connectivity index (χ1n) is 4.66. The van der Waals surface area contributed by atoms with Crippen LogP contribution in [-0.2, 0) is 0 Å². The number of terminal acetylenes is 1. The molecule has 1 unspecified atom stereocenters. The molecular formula is C12H14FN. The minimum Gasteiger partial charge on any atom is -0.371 e. The van der Waals surface area contributed by atoms with Crippen molar-refractivity contribution in [3.05, 3.63) is 29.6 Å². The minimum absolute atomic E-state index is 0.0305. The molecule has 0 amide bonds. The van der Waals surface area contributed by atoms with Crippen LogP contribution in [-0.4, -0.2) is 6.04 Å². The SMILES string of the molecule is C#CC(CC)Nc1ccc(C)c(F)c1. The summed E-state index contributed by atoms with van der Waals surface area (Å²) in [6, 6.07) is 5.01. The number of halogens is 1. The predicted molar refractivity (Wildman–Crippen MR) is 57.7 cm³/mol. The minimum atomic E-state index is -0.207. The molecule has 0 bridgehead atoms. The summed E-state index contributed by atoms with van der Waals surface area (Å²) in [5, 5.41) is 3.07. The van der Waals surface area contributed by atoms with E-state index in [0.717, 1.165) is 12.1 Å². The summed E-state index contributed by atoms with van der Waals surface area (Å²) < 4.78 is 13.1. The number of nitrogens with one attached hydrogen (secondary N) is 1. The molecule has 1 aromatic carbocycles. The van der Waals surface area contributed by atoms with Crippen LogP contribution in [0.25, 0.3) is 0 Å². The van der Waals surface area contributed by atoms with Gasteiger partial charge in [0.25, 0.3) is 0 Å². The maximum absolute atomic E-state index is 13.1. The zero-order valence-corrected chi connectivity index (χ0v) is 8.47. The number of rotatable bonds is 3. The number of anilines is 1. The van der Waals surface area contributed by atoms with Crippen LogP contribution >= 0.6 is 0 Å². The summed E-state index contributed by atoms with van der Waals surface area (Å²) in [4.78, 5) is 0. The highest BCUT2D eigenvalue weighted by atomic mass is 19.1. The Morgan fingerprint density at radius 3 is 2.79 bits per heavy atom. The lowest BCUT2D eigenvalue weighted by Gasteiger charge is -2.12. The average Bonchev–Trinajstić information content (AvgIpc) is 2.19. The van der Waals surface area contributed by atoms with Crippen LogP contribution in [0.2, 0.25) is 0 Å². The first-order chi connectivity index (χ1) is 6.67. The molecule has 74 valence electrons.